The summed E-state index contributed by atoms with van der Waals surface area (Å²) in [4.78, 5) is 32.2. The minimum Gasteiger partial charge on any atom is -0.491 e. The van der Waals surface area contributed by atoms with Crippen molar-refractivity contribution < 1.29 is 18.7 Å². The van der Waals surface area contributed by atoms with Crippen LogP contribution in [-0.4, -0.2) is 23.2 Å². The van der Waals surface area contributed by atoms with Crippen molar-refractivity contribution in [2.24, 2.45) is 4.99 Å². The maximum Gasteiger partial charge on any atom is 0.338 e. The molecule has 1 aliphatic rings. The molecule has 4 aromatic rings. The Bertz CT molecular complexity index is 1740. The van der Waals surface area contributed by atoms with Gasteiger partial charge in [0.1, 0.15) is 23.3 Å². The van der Waals surface area contributed by atoms with Crippen LogP contribution in [0.2, 0.25) is 5.02 Å². The van der Waals surface area contributed by atoms with Gasteiger partial charge in [-0.15, -0.1) is 0 Å². The molecule has 0 unspecified atom stereocenters. The summed E-state index contributed by atoms with van der Waals surface area (Å²) >= 11 is 7.24. The van der Waals surface area contributed by atoms with Crippen LogP contribution in [0.4, 0.5) is 0 Å². The Hall–Kier alpha value is -3.88. The number of para-hydroxylation sites is 1. The molecule has 0 radical (unpaired) electrons. The van der Waals surface area contributed by atoms with E-state index >= 15 is 0 Å². The number of fused-ring (bicyclic) bond motifs is 1. The van der Waals surface area contributed by atoms with Crippen molar-refractivity contribution in [2.45, 2.75) is 39.8 Å². The van der Waals surface area contributed by atoms with Crippen molar-refractivity contribution in [2.75, 3.05) is 6.61 Å². The van der Waals surface area contributed by atoms with E-state index in [9.17, 15) is 9.59 Å². The number of halogens is 1. The lowest BCUT2D eigenvalue weighted by molar-refractivity contribution is -0.139. The lowest BCUT2D eigenvalue weighted by atomic mass is 9.95. The van der Waals surface area contributed by atoms with Crippen LogP contribution in [-0.2, 0) is 9.53 Å². The van der Waals surface area contributed by atoms with Crippen LogP contribution in [0.3, 0.4) is 0 Å². The van der Waals surface area contributed by atoms with Gasteiger partial charge in [0.05, 0.1) is 28.5 Å². The van der Waals surface area contributed by atoms with E-state index in [-0.39, 0.29) is 18.3 Å². The normalized spacial score (nSPS) is 15.3. The van der Waals surface area contributed by atoms with E-state index < -0.39 is 12.0 Å². The van der Waals surface area contributed by atoms with E-state index in [1.54, 1.807) is 42.7 Å². The Balaban J connectivity index is 1.66. The third-order valence-electron chi connectivity index (χ3n) is 6.12. The van der Waals surface area contributed by atoms with Crippen molar-refractivity contribution in [3.63, 3.8) is 0 Å². The average molecular weight is 563 g/mol. The van der Waals surface area contributed by atoms with E-state index in [1.807, 2.05) is 56.3 Å². The first-order chi connectivity index (χ1) is 18.8. The molecule has 2 aromatic heterocycles. The minimum atomic E-state index is -0.765. The number of nitrogens with zero attached hydrogens (tertiary/aromatic N) is 2. The number of hydrogen-bond donors (Lipinski definition) is 0. The Labute approximate surface area is 234 Å². The summed E-state index contributed by atoms with van der Waals surface area (Å²) in [7, 11) is 0. The number of aromatic nitrogens is 1. The topological polar surface area (TPSA) is 83.0 Å². The molecular weight excluding hydrogens is 536 g/mol. The number of allylic oxidation sites excluding steroid dienone is 1. The molecule has 0 N–H and O–H groups in total. The van der Waals surface area contributed by atoms with Gasteiger partial charge in [0.15, 0.2) is 4.80 Å². The van der Waals surface area contributed by atoms with Crippen molar-refractivity contribution in [3.05, 3.63) is 108 Å². The molecule has 1 atom stereocenters. The highest BCUT2D eigenvalue weighted by Gasteiger charge is 2.35. The summed E-state index contributed by atoms with van der Waals surface area (Å²) in [6, 6.07) is 17.6. The second kappa shape index (κ2) is 11.1. The molecule has 0 aliphatic carbocycles. The first kappa shape index (κ1) is 26.7. The molecule has 7 nitrogen and oxygen atoms in total. The van der Waals surface area contributed by atoms with Gasteiger partial charge in [-0.3, -0.25) is 9.36 Å². The second-order valence-corrected chi connectivity index (χ2v) is 10.7. The summed E-state index contributed by atoms with van der Waals surface area (Å²) in [5.74, 6) is 1.24. The molecule has 3 heterocycles. The smallest absolute Gasteiger partial charge is 0.338 e. The number of thiazole rings is 1. The van der Waals surface area contributed by atoms with Gasteiger partial charge in [0.2, 0.25) is 0 Å². The highest BCUT2D eigenvalue weighted by atomic mass is 35.5. The molecule has 1 aliphatic heterocycles. The second-order valence-electron chi connectivity index (χ2n) is 9.22. The van der Waals surface area contributed by atoms with Crippen LogP contribution in [0.25, 0.3) is 17.4 Å². The lowest BCUT2D eigenvalue weighted by Crippen LogP contribution is -2.40. The van der Waals surface area contributed by atoms with Crippen LogP contribution in [0.15, 0.2) is 86.1 Å². The van der Waals surface area contributed by atoms with Crippen molar-refractivity contribution >= 4 is 35.0 Å². The molecule has 0 bridgehead atoms. The zero-order valence-corrected chi connectivity index (χ0v) is 23.5. The molecule has 0 amide bonds. The number of benzene rings is 2. The fourth-order valence-electron chi connectivity index (χ4n) is 4.48. The van der Waals surface area contributed by atoms with Crippen LogP contribution >= 0.6 is 22.9 Å². The van der Waals surface area contributed by atoms with E-state index in [1.165, 1.54) is 11.3 Å². The fourth-order valence-corrected chi connectivity index (χ4v) is 5.64. The number of rotatable bonds is 7. The molecule has 0 spiro atoms. The predicted molar refractivity (Wildman–Crippen MR) is 152 cm³/mol. The van der Waals surface area contributed by atoms with E-state index in [2.05, 4.69) is 4.99 Å². The quantitative estimate of drug-likeness (QED) is 0.278. The number of hydrogen-bond acceptors (Lipinski definition) is 7. The van der Waals surface area contributed by atoms with Crippen LogP contribution in [0.1, 0.15) is 45.1 Å². The first-order valence-corrected chi connectivity index (χ1v) is 13.8. The van der Waals surface area contributed by atoms with Crippen molar-refractivity contribution in [3.8, 4) is 17.1 Å². The van der Waals surface area contributed by atoms with Crippen molar-refractivity contribution in [1.29, 1.82) is 0 Å². The molecule has 0 fully saturated rings. The Kier molecular flexibility index (Phi) is 7.59. The average Bonchev–Trinajstić information content (AvgIpc) is 3.48. The summed E-state index contributed by atoms with van der Waals surface area (Å²) in [5, 5.41) is 0.638. The van der Waals surface area contributed by atoms with E-state index in [0.717, 1.165) is 5.56 Å². The van der Waals surface area contributed by atoms with Gasteiger partial charge in [-0.25, -0.2) is 9.79 Å². The van der Waals surface area contributed by atoms with Gasteiger partial charge in [-0.1, -0.05) is 41.1 Å². The van der Waals surface area contributed by atoms with Gasteiger partial charge in [-0.2, -0.15) is 0 Å². The first-order valence-electron chi connectivity index (χ1n) is 12.6. The molecule has 0 saturated carbocycles. The highest BCUT2D eigenvalue weighted by Crippen LogP contribution is 2.36. The number of carbonyl (C=O) groups excluding carboxylic acids is 1. The van der Waals surface area contributed by atoms with E-state index in [0.29, 0.717) is 48.5 Å². The maximum atomic E-state index is 13.9. The van der Waals surface area contributed by atoms with Gasteiger partial charge in [0.25, 0.3) is 5.56 Å². The number of furan rings is 1. The summed E-state index contributed by atoms with van der Waals surface area (Å²) in [6.45, 7) is 7.56. The molecule has 2 aromatic carbocycles. The van der Waals surface area contributed by atoms with Gasteiger partial charge < -0.3 is 13.9 Å². The maximum absolute atomic E-state index is 13.9. The number of ether oxygens (including phenoxy) is 2. The zero-order chi connectivity index (χ0) is 27.7. The van der Waals surface area contributed by atoms with Gasteiger partial charge >= 0.3 is 5.97 Å². The molecule has 5 rings (SSSR count). The van der Waals surface area contributed by atoms with Crippen molar-refractivity contribution in [1.82, 2.24) is 4.57 Å². The SMILES string of the molecule is CCOC(=O)C1=C(C)N=c2s/c(=C/c3ccc(-c4ccc(Cl)cc4)o3)c(=O)n2[C@H]1c1ccccc1OC(C)C. The molecular formula is C30H27ClN2O5S. The molecule has 9 heteroatoms. The molecule has 200 valence electrons. The van der Waals surface area contributed by atoms with Gasteiger partial charge in [0, 0.05) is 22.2 Å². The van der Waals surface area contributed by atoms with Crippen LogP contribution in [0.5, 0.6) is 5.75 Å². The summed E-state index contributed by atoms with van der Waals surface area (Å²) < 4.78 is 19.5. The Morgan fingerprint density at radius 3 is 2.62 bits per heavy atom. The third kappa shape index (κ3) is 5.35. The third-order valence-corrected chi connectivity index (χ3v) is 7.36. The Morgan fingerprint density at radius 2 is 1.90 bits per heavy atom. The predicted octanol–water partition coefficient (Wildman–Crippen LogP) is 5.50. The lowest BCUT2D eigenvalue weighted by Gasteiger charge is -2.26. The Morgan fingerprint density at radius 1 is 1.15 bits per heavy atom. The molecule has 39 heavy (non-hydrogen) atoms. The van der Waals surface area contributed by atoms with Gasteiger partial charge in [-0.05, 0) is 70.2 Å². The minimum absolute atomic E-state index is 0.105. The summed E-state index contributed by atoms with van der Waals surface area (Å²) in [5.41, 5.74) is 2.06. The van der Waals surface area contributed by atoms with E-state index in [4.69, 9.17) is 25.5 Å². The monoisotopic (exact) mass is 562 g/mol. The summed E-state index contributed by atoms with van der Waals surface area (Å²) in [6.07, 6.45) is 1.59. The fraction of sp³-hybridized carbons (Fsp3) is 0.233. The standard InChI is InChI=1S/C30H27ClN2O5S/c1-5-36-29(35)26-18(4)32-30-33(27(26)22-8-6-7-9-24(22)37-17(2)3)28(34)25(39-30)16-21-14-15-23(38-21)19-10-12-20(31)13-11-19/h6-17,27H,5H2,1-4H3/b25-16+/t27-/m0/s1. The number of carbonyl (C=O) groups is 1. The largest absolute Gasteiger partial charge is 0.491 e. The highest BCUT2D eigenvalue weighted by molar-refractivity contribution is 7.07. The molecule has 0 saturated heterocycles. The van der Waals surface area contributed by atoms with Crippen LogP contribution in [0, 0.1) is 0 Å². The zero-order valence-electron chi connectivity index (χ0n) is 21.9. The van der Waals surface area contributed by atoms with Crippen LogP contribution < -0.4 is 19.6 Å². The number of esters is 1.